The molecule has 0 spiro atoms. The van der Waals surface area contributed by atoms with E-state index in [0.717, 1.165) is 17.7 Å². The Morgan fingerprint density at radius 1 is 1.20 bits per heavy atom. The predicted molar refractivity (Wildman–Crippen MR) is 70.7 cm³/mol. The lowest BCUT2D eigenvalue weighted by molar-refractivity contribution is -0.137. The highest BCUT2D eigenvalue weighted by Gasteiger charge is 2.30. The van der Waals surface area contributed by atoms with E-state index in [2.05, 4.69) is 4.98 Å². The Bertz CT molecular complexity index is 596. The number of rotatable bonds is 3. The molecule has 0 saturated heterocycles. The van der Waals surface area contributed by atoms with Gasteiger partial charge in [0, 0.05) is 24.1 Å². The third kappa shape index (κ3) is 3.27. The largest absolute Gasteiger partial charge is 0.416 e. The quantitative estimate of drug-likeness (QED) is 0.909. The lowest BCUT2D eigenvalue weighted by atomic mass is 9.98. The zero-order valence-electron chi connectivity index (χ0n) is 10.6. The molecule has 2 rings (SSSR count). The molecule has 0 aliphatic carbocycles. The number of pyridine rings is 1. The second kappa shape index (κ2) is 5.50. The number of alkyl halides is 3. The summed E-state index contributed by atoms with van der Waals surface area (Å²) in [6.45, 7) is 0. The van der Waals surface area contributed by atoms with E-state index in [1.807, 2.05) is 0 Å². The summed E-state index contributed by atoms with van der Waals surface area (Å²) in [7, 11) is 0. The Hall–Kier alpha value is -2.08. The van der Waals surface area contributed by atoms with Gasteiger partial charge in [0.15, 0.2) is 0 Å². The normalized spacial score (nSPS) is 13.2. The molecule has 0 amide bonds. The van der Waals surface area contributed by atoms with E-state index in [9.17, 15) is 13.2 Å². The molecule has 4 N–H and O–H groups in total. The number of halogens is 3. The highest BCUT2D eigenvalue weighted by molar-refractivity contribution is 5.45. The number of benzene rings is 1. The van der Waals surface area contributed by atoms with Gasteiger partial charge in [0.1, 0.15) is 0 Å². The lowest BCUT2D eigenvalue weighted by Gasteiger charge is -2.15. The van der Waals surface area contributed by atoms with Crippen LogP contribution in [0.3, 0.4) is 0 Å². The van der Waals surface area contributed by atoms with Crippen LogP contribution in [0.25, 0.3) is 0 Å². The van der Waals surface area contributed by atoms with Crippen molar-refractivity contribution in [1.82, 2.24) is 4.98 Å². The van der Waals surface area contributed by atoms with Gasteiger partial charge in [0.05, 0.1) is 5.56 Å². The van der Waals surface area contributed by atoms with Gasteiger partial charge >= 0.3 is 6.18 Å². The number of anilines is 1. The van der Waals surface area contributed by atoms with E-state index < -0.39 is 17.8 Å². The molecule has 3 nitrogen and oxygen atoms in total. The van der Waals surface area contributed by atoms with Gasteiger partial charge in [0.25, 0.3) is 0 Å². The number of hydrogen-bond acceptors (Lipinski definition) is 3. The fourth-order valence-corrected chi connectivity index (χ4v) is 1.91. The summed E-state index contributed by atoms with van der Waals surface area (Å²) < 4.78 is 38.0. The van der Waals surface area contributed by atoms with E-state index >= 15 is 0 Å². The molecule has 1 heterocycles. The molecular formula is C14H14F3N3. The van der Waals surface area contributed by atoms with Crippen molar-refractivity contribution in [2.24, 2.45) is 5.73 Å². The van der Waals surface area contributed by atoms with Crippen LogP contribution >= 0.6 is 0 Å². The number of hydrogen-bond donors (Lipinski definition) is 2. The van der Waals surface area contributed by atoms with Crippen LogP contribution in [0.5, 0.6) is 0 Å². The van der Waals surface area contributed by atoms with Gasteiger partial charge in [0.2, 0.25) is 0 Å². The van der Waals surface area contributed by atoms with Crippen molar-refractivity contribution in [3.8, 4) is 0 Å². The van der Waals surface area contributed by atoms with Crippen LogP contribution in [0, 0.1) is 0 Å². The standard InChI is InChI=1S/C14H14F3N3/c15-14(16,17)11-3-1-2-9(6-11)13(19)7-10-8-20-5-4-12(10)18/h1-6,8,13H,7,19H2,(H2,18,20). The summed E-state index contributed by atoms with van der Waals surface area (Å²) in [5, 5.41) is 0. The fourth-order valence-electron chi connectivity index (χ4n) is 1.91. The molecule has 1 aromatic carbocycles. The van der Waals surface area contributed by atoms with Gasteiger partial charge in [-0.15, -0.1) is 0 Å². The van der Waals surface area contributed by atoms with Crippen molar-refractivity contribution in [3.63, 3.8) is 0 Å². The van der Waals surface area contributed by atoms with Crippen molar-refractivity contribution < 1.29 is 13.2 Å². The number of nitrogen functional groups attached to an aromatic ring is 1. The number of nitrogens with two attached hydrogens (primary N) is 2. The fraction of sp³-hybridized carbons (Fsp3) is 0.214. The summed E-state index contributed by atoms with van der Waals surface area (Å²) in [4.78, 5) is 3.93. The Kier molecular flexibility index (Phi) is 3.94. The minimum atomic E-state index is -4.37. The number of nitrogens with zero attached hydrogens (tertiary/aromatic N) is 1. The van der Waals surface area contributed by atoms with Crippen LogP contribution < -0.4 is 11.5 Å². The topological polar surface area (TPSA) is 64.9 Å². The first-order chi connectivity index (χ1) is 9.38. The summed E-state index contributed by atoms with van der Waals surface area (Å²) in [6.07, 6.45) is -0.915. The molecule has 0 bridgehead atoms. The Balaban J connectivity index is 2.22. The highest BCUT2D eigenvalue weighted by atomic mass is 19.4. The predicted octanol–water partition coefficient (Wildman–Crippen LogP) is 2.93. The molecule has 1 atom stereocenters. The maximum absolute atomic E-state index is 12.7. The maximum Gasteiger partial charge on any atom is 0.416 e. The molecule has 0 radical (unpaired) electrons. The molecule has 6 heteroatoms. The van der Waals surface area contributed by atoms with Crippen molar-refractivity contribution >= 4 is 5.69 Å². The molecular weight excluding hydrogens is 267 g/mol. The monoisotopic (exact) mass is 281 g/mol. The molecule has 106 valence electrons. The van der Waals surface area contributed by atoms with Gasteiger partial charge in [-0.2, -0.15) is 13.2 Å². The van der Waals surface area contributed by atoms with Crippen LogP contribution in [0.1, 0.15) is 22.7 Å². The first kappa shape index (κ1) is 14.3. The third-order valence-electron chi connectivity index (χ3n) is 3.02. The van der Waals surface area contributed by atoms with Gasteiger partial charge in [-0.05, 0) is 35.7 Å². The molecule has 0 aliphatic heterocycles. The molecule has 0 fully saturated rings. The third-order valence-corrected chi connectivity index (χ3v) is 3.02. The second-order valence-corrected chi connectivity index (χ2v) is 4.51. The Morgan fingerprint density at radius 3 is 2.60 bits per heavy atom. The van der Waals surface area contributed by atoms with Crippen molar-refractivity contribution in [2.45, 2.75) is 18.6 Å². The van der Waals surface area contributed by atoms with Crippen LogP contribution in [-0.2, 0) is 12.6 Å². The van der Waals surface area contributed by atoms with Gasteiger partial charge in [-0.1, -0.05) is 12.1 Å². The van der Waals surface area contributed by atoms with Crippen molar-refractivity contribution in [2.75, 3.05) is 5.73 Å². The summed E-state index contributed by atoms with van der Waals surface area (Å²) in [5.41, 5.74) is 12.7. The van der Waals surface area contributed by atoms with Crippen LogP contribution in [0.4, 0.5) is 18.9 Å². The van der Waals surface area contributed by atoms with E-state index in [4.69, 9.17) is 11.5 Å². The minimum Gasteiger partial charge on any atom is -0.398 e. The highest BCUT2D eigenvalue weighted by Crippen LogP contribution is 2.31. The molecule has 0 saturated carbocycles. The molecule has 20 heavy (non-hydrogen) atoms. The van der Waals surface area contributed by atoms with Gasteiger partial charge in [-0.3, -0.25) is 4.98 Å². The van der Waals surface area contributed by atoms with Gasteiger partial charge < -0.3 is 11.5 Å². The van der Waals surface area contributed by atoms with Crippen molar-refractivity contribution in [1.29, 1.82) is 0 Å². The molecule has 1 unspecified atom stereocenters. The van der Waals surface area contributed by atoms with Crippen LogP contribution in [0.15, 0.2) is 42.7 Å². The Labute approximate surface area is 114 Å². The molecule has 2 aromatic rings. The van der Waals surface area contributed by atoms with Gasteiger partial charge in [-0.25, -0.2) is 0 Å². The minimum absolute atomic E-state index is 0.334. The summed E-state index contributed by atoms with van der Waals surface area (Å²) in [6, 6.07) is 6.08. The van der Waals surface area contributed by atoms with E-state index in [1.165, 1.54) is 6.07 Å². The van der Waals surface area contributed by atoms with E-state index in [1.54, 1.807) is 24.5 Å². The van der Waals surface area contributed by atoms with E-state index in [0.29, 0.717) is 17.7 Å². The first-order valence-electron chi connectivity index (χ1n) is 5.99. The first-order valence-corrected chi connectivity index (χ1v) is 5.99. The Morgan fingerprint density at radius 2 is 1.95 bits per heavy atom. The average Bonchev–Trinajstić information content (AvgIpc) is 2.40. The van der Waals surface area contributed by atoms with Crippen LogP contribution in [0.2, 0.25) is 0 Å². The summed E-state index contributed by atoms with van der Waals surface area (Å²) >= 11 is 0. The summed E-state index contributed by atoms with van der Waals surface area (Å²) in [5.74, 6) is 0. The SMILES string of the molecule is Nc1ccncc1CC(N)c1cccc(C(F)(F)F)c1. The molecule has 1 aromatic heterocycles. The smallest absolute Gasteiger partial charge is 0.398 e. The second-order valence-electron chi connectivity index (χ2n) is 4.51. The zero-order chi connectivity index (χ0) is 14.8. The van der Waals surface area contributed by atoms with E-state index in [-0.39, 0.29) is 0 Å². The van der Waals surface area contributed by atoms with Crippen LogP contribution in [-0.4, -0.2) is 4.98 Å². The average molecular weight is 281 g/mol. The van der Waals surface area contributed by atoms with Crippen molar-refractivity contribution in [3.05, 3.63) is 59.4 Å². The number of aromatic nitrogens is 1. The lowest BCUT2D eigenvalue weighted by Crippen LogP contribution is -2.15. The zero-order valence-corrected chi connectivity index (χ0v) is 10.6. The molecule has 0 aliphatic rings. The maximum atomic E-state index is 12.7.